The van der Waals surface area contributed by atoms with Gasteiger partial charge in [0, 0.05) is 56.0 Å². The molecule has 4 rings (SSSR count). The molecule has 6 heteroatoms. The van der Waals surface area contributed by atoms with E-state index >= 15 is 0 Å². The van der Waals surface area contributed by atoms with Crippen molar-refractivity contribution in [2.45, 2.75) is 31.6 Å². The Balaban J connectivity index is 1.54. The number of hydrogen-bond donors (Lipinski definition) is 1. The maximum Gasteiger partial charge on any atom is 0.254 e. The van der Waals surface area contributed by atoms with Gasteiger partial charge in [-0.15, -0.1) is 0 Å². The van der Waals surface area contributed by atoms with Gasteiger partial charge in [-0.2, -0.15) is 5.10 Å². The van der Waals surface area contributed by atoms with E-state index in [2.05, 4.69) is 10.2 Å². The van der Waals surface area contributed by atoms with E-state index in [1.54, 1.807) is 19.3 Å². The van der Waals surface area contributed by atoms with Gasteiger partial charge in [0.25, 0.3) is 11.5 Å². The Hall–Kier alpha value is -2.37. The lowest BCUT2D eigenvalue weighted by molar-refractivity contribution is 0.0762. The molecular weight excluding hydrogens is 292 g/mol. The van der Waals surface area contributed by atoms with Gasteiger partial charge in [-0.1, -0.05) is 0 Å². The lowest BCUT2D eigenvalue weighted by Gasteiger charge is -2.20. The molecule has 2 aromatic rings. The number of nitrogens with one attached hydrogen (secondary N) is 1. The van der Waals surface area contributed by atoms with Crippen LogP contribution in [0.3, 0.4) is 0 Å². The molecule has 1 N–H and O–H groups in total. The fourth-order valence-corrected chi connectivity index (χ4v) is 3.27. The summed E-state index contributed by atoms with van der Waals surface area (Å²) in [6.07, 6.45) is 5.74. The number of H-pyrrole nitrogens is 1. The fourth-order valence-electron chi connectivity index (χ4n) is 3.27. The van der Waals surface area contributed by atoms with E-state index in [4.69, 9.17) is 0 Å². The van der Waals surface area contributed by atoms with E-state index in [-0.39, 0.29) is 11.5 Å². The Kier molecular flexibility index (Phi) is 3.32. The third-order valence-corrected chi connectivity index (χ3v) is 4.85. The Bertz CT molecular complexity index is 816. The number of aromatic amines is 1. The highest BCUT2D eigenvalue weighted by molar-refractivity contribution is 5.94. The summed E-state index contributed by atoms with van der Waals surface area (Å²) in [5, 5.41) is 7.64. The van der Waals surface area contributed by atoms with Crippen LogP contribution < -0.4 is 5.56 Å². The average Bonchev–Trinajstić information content (AvgIpc) is 3.34. The highest BCUT2D eigenvalue weighted by Crippen LogP contribution is 2.41. The summed E-state index contributed by atoms with van der Waals surface area (Å²) in [6, 6.07) is 3.13. The minimum Gasteiger partial charge on any atom is -0.338 e. The zero-order valence-electron chi connectivity index (χ0n) is 13.2. The van der Waals surface area contributed by atoms with E-state index in [0.717, 1.165) is 12.8 Å². The van der Waals surface area contributed by atoms with Crippen LogP contribution in [0, 0.1) is 0 Å². The minimum absolute atomic E-state index is 0.0613. The van der Waals surface area contributed by atoms with Gasteiger partial charge in [0.1, 0.15) is 0 Å². The molecule has 23 heavy (non-hydrogen) atoms. The fraction of sp³-hybridized carbons (Fsp3) is 0.471. The van der Waals surface area contributed by atoms with Gasteiger partial charge < -0.3 is 9.47 Å². The van der Waals surface area contributed by atoms with Crippen molar-refractivity contribution in [3.8, 4) is 0 Å². The van der Waals surface area contributed by atoms with Crippen molar-refractivity contribution in [1.29, 1.82) is 0 Å². The van der Waals surface area contributed by atoms with Crippen LogP contribution in [0.4, 0.5) is 0 Å². The molecule has 0 bridgehead atoms. The standard InChI is InChI=1S/C17H20N4O2/c1-20-7-4-12(10-15(20)22)17(23)21-8-5-13-14(6-9-21)18-19-16(13)11-2-3-11/h4,7,10-11H,2-3,5-6,8-9H2,1H3,(H,18,19). The first kappa shape index (κ1) is 14.2. The third-order valence-electron chi connectivity index (χ3n) is 4.85. The lowest BCUT2D eigenvalue weighted by atomic mass is 10.1. The maximum absolute atomic E-state index is 12.7. The molecule has 3 heterocycles. The molecule has 1 aliphatic heterocycles. The SMILES string of the molecule is Cn1ccc(C(=O)N2CCc3[nH]nc(C4CC4)c3CC2)cc1=O. The zero-order chi connectivity index (χ0) is 16.0. The number of aryl methyl sites for hydroxylation is 1. The zero-order valence-corrected chi connectivity index (χ0v) is 13.2. The van der Waals surface area contributed by atoms with Crippen molar-refractivity contribution >= 4 is 5.91 Å². The first-order chi connectivity index (χ1) is 11.1. The first-order valence-corrected chi connectivity index (χ1v) is 8.15. The summed E-state index contributed by atoms with van der Waals surface area (Å²) in [5.41, 5.74) is 4.01. The molecule has 6 nitrogen and oxygen atoms in total. The van der Waals surface area contributed by atoms with Crippen LogP contribution in [-0.4, -0.2) is 38.7 Å². The Morgan fingerprint density at radius 1 is 1.30 bits per heavy atom. The van der Waals surface area contributed by atoms with E-state index in [0.29, 0.717) is 24.6 Å². The molecule has 0 spiro atoms. The van der Waals surface area contributed by atoms with Gasteiger partial charge in [-0.25, -0.2) is 0 Å². The Morgan fingerprint density at radius 3 is 2.83 bits per heavy atom. The Labute approximate surface area is 134 Å². The van der Waals surface area contributed by atoms with Crippen LogP contribution >= 0.6 is 0 Å². The van der Waals surface area contributed by atoms with Crippen molar-refractivity contribution in [2.75, 3.05) is 13.1 Å². The minimum atomic E-state index is -0.156. The number of amides is 1. The van der Waals surface area contributed by atoms with Crippen LogP contribution in [0.2, 0.25) is 0 Å². The molecule has 1 aliphatic carbocycles. The van der Waals surface area contributed by atoms with Crippen LogP contribution in [0.1, 0.15) is 46.1 Å². The molecule has 0 aromatic carbocycles. The van der Waals surface area contributed by atoms with Crippen LogP contribution in [-0.2, 0) is 19.9 Å². The number of fused-ring (bicyclic) bond motifs is 1. The number of rotatable bonds is 2. The summed E-state index contributed by atoms with van der Waals surface area (Å²) in [5.74, 6) is 0.559. The topological polar surface area (TPSA) is 71.0 Å². The second-order valence-corrected chi connectivity index (χ2v) is 6.50. The normalized spacial score (nSPS) is 17.7. The summed E-state index contributed by atoms with van der Waals surface area (Å²) in [4.78, 5) is 26.3. The summed E-state index contributed by atoms with van der Waals surface area (Å²) < 4.78 is 1.47. The van der Waals surface area contributed by atoms with Gasteiger partial charge in [0.05, 0.1) is 5.69 Å². The van der Waals surface area contributed by atoms with Crippen molar-refractivity contribution in [1.82, 2.24) is 19.7 Å². The number of pyridine rings is 1. The lowest BCUT2D eigenvalue weighted by Crippen LogP contribution is -2.34. The molecule has 0 saturated heterocycles. The molecule has 2 aliphatic rings. The van der Waals surface area contributed by atoms with Crippen molar-refractivity contribution in [3.63, 3.8) is 0 Å². The first-order valence-electron chi connectivity index (χ1n) is 8.15. The van der Waals surface area contributed by atoms with Crippen molar-refractivity contribution < 1.29 is 4.79 Å². The molecule has 120 valence electrons. The number of hydrogen-bond acceptors (Lipinski definition) is 3. The van der Waals surface area contributed by atoms with Crippen molar-refractivity contribution in [2.24, 2.45) is 7.05 Å². The average molecular weight is 312 g/mol. The molecule has 1 fully saturated rings. The number of aromatic nitrogens is 3. The summed E-state index contributed by atoms with van der Waals surface area (Å²) >= 11 is 0. The third kappa shape index (κ3) is 2.58. The van der Waals surface area contributed by atoms with Crippen molar-refractivity contribution in [3.05, 3.63) is 51.2 Å². The van der Waals surface area contributed by atoms with Gasteiger partial charge in [-0.3, -0.25) is 14.7 Å². The number of carbonyl (C=O) groups excluding carboxylic acids is 1. The summed E-state index contributed by atoms with van der Waals surface area (Å²) in [7, 11) is 1.68. The molecular formula is C17H20N4O2. The number of carbonyl (C=O) groups is 1. The highest BCUT2D eigenvalue weighted by Gasteiger charge is 2.31. The smallest absolute Gasteiger partial charge is 0.254 e. The quantitative estimate of drug-likeness (QED) is 0.906. The maximum atomic E-state index is 12.7. The predicted molar refractivity (Wildman–Crippen MR) is 85.6 cm³/mol. The van der Waals surface area contributed by atoms with Gasteiger partial charge >= 0.3 is 0 Å². The van der Waals surface area contributed by atoms with Crippen LogP contribution in [0.25, 0.3) is 0 Å². The highest BCUT2D eigenvalue weighted by atomic mass is 16.2. The number of nitrogens with zero attached hydrogens (tertiary/aromatic N) is 3. The molecule has 0 radical (unpaired) electrons. The molecule has 1 saturated carbocycles. The Morgan fingerprint density at radius 2 is 2.09 bits per heavy atom. The van der Waals surface area contributed by atoms with E-state index < -0.39 is 0 Å². The monoisotopic (exact) mass is 312 g/mol. The molecule has 1 amide bonds. The molecule has 2 aromatic heterocycles. The van der Waals surface area contributed by atoms with Crippen LogP contribution in [0.5, 0.6) is 0 Å². The van der Waals surface area contributed by atoms with E-state index in [1.165, 1.54) is 40.4 Å². The van der Waals surface area contributed by atoms with E-state index in [1.807, 2.05) is 4.90 Å². The molecule has 0 unspecified atom stereocenters. The van der Waals surface area contributed by atoms with Gasteiger partial charge in [0.15, 0.2) is 0 Å². The van der Waals surface area contributed by atoms with Gasteiger partial charge in [-0.05, 0) is 30.9 Å². The largest absolute Gasteiger partial charge is 0.338 e. The predicted octanol–water partition coefficient (Wildman–Crippen LogP) is 1.23. The second kappa shape index (κ2) is 5.37. The van der Waals surface area contributed by atoms with Gasteiger partial charge in [0.2, 0.25) is 0 Å². The van der Waals surface area contributed by atoms with E-state index in [9.17, 15) is 9.59 Å². The summed E-state index contributed by atoms with van der Waals surface area (Å²) in [6.45, 7) is 1.34. The molecule has 0 atom stereocenters. The van der Waals surface area contributed by atoms with Crippen LogP contribution in [0.15, 0.2) is 23.1 Å². The second-order valence-electron chi connectivity index (χ2n) is 6.50.